The summed E-state index contributed by atoms with van der Waals surface area (Å²) in [7, 11) is 0. The monoisotopic (exact) mass is 285 g/mol. The predicted molar refractivity (Wildman–Crippen MR) is 83.2 cm³/mol. The Hall–Kier alpha value is -1.39. The summed E-state index contributed by atoms with van der Waals surface area (Å²) in [4.78, 5) is 4.71. The first-order valence-corrected chi connectivity index (χ1v) is 8.24. The Kier molecular flexibility index (Phi) is 3.65. The molecule has 0 amide bonds. The van der Waals surface area contributed by atoms with Crippen molar-refractivity contribution in [2.24, 2.45) is 0 Å². The molecule has 4 nitrogen and oxygen atoms in total. The fourth-order valence-electron chi connectivity index (χ4n) is 3.65. The summed E-state index contributed by atoms with van der Waals surface area (Å²) >= 11 is 0. The maximum absolute atomic E-state index is 5.92. The number of fused-ring (bicyclic) bond motifs is 1. The number of imidazole rings is 1. The van der Waals surface area contributed by atoms with Crippen molar-refractivity contribution >= 4 is 11.0 Å². The van der Waals surface area contributed by atoms with Gasteiger partial charge in [-0.2, -0.15) is 0 Å². The van der Waals surface area contributed by atoms with E-state index in [-0.39, 0.29) is 6.23 Å². The average Bonchev–Trinajstić information content (AvgIpc) is 3.00. The lowest BCUT2D eigenvalue weighted by atomic mass is 9.96. The third-order valence-corrected chi connectivity index (χ3v) is 4.79. The van der Waals surface area contributed by atoms with E-state index >= 15 is 0 Å². The molecular formula is C17H23N3O. The minimum atomic E-state index is 0.165. The lowest BCUT2D eigenvalue weighted by Crippen LogP contribution is -2.26. The zero-order chi connectivity index (χ0) is 14.1. The van der Waals surface area contributed by atoms with Crippen molar-refractivity contribution in [2.75, 3.05) is 13.2 Å². The maximum Gasteiger partial charge on any atom is 0.135 e. The zero-order valence-corrected chi connectivity index (χ0v) is 12.4. The standard InChI is InChI=1S/C17H23N3O/c1-3-10-18-14(7-1)13-6-5-8-15-17(13)19-12-20(15)16-9-2-4-11-21-16/h5-6,8,12,14,16,18H,1-4,7,9-11H2. The van der Waals surface area contributed by atoms with Gasteiger partial charge in [-0.1, -0.05) is 18.6 Å². The fraction of sp³-hybridized carbons (Fsp3) is 0.588. The fourth-order valence-corrected chi connectivity index (χ4v) is 3.65. The maximum atomic E-state index is 5.92. The highest BCUT2D eigenvalue weighted by atomic mass is 16.5. The first kappa shape index (κ1) is 13.3. The molecule has 0 aliphatic carbocycles. The second-order valence-electron chi connectivity index (χ2n) is 6.19. The van der Waals surface area contributed by atoms with Gasteiger partial charge in [0.2, 0.25) is 0 Å². The molecule has 0 saturated carbocycles. The Bertz CT molecular complexity index is 610. The van der Waals surface area contributed by atoms with E-state index in [2.05, 4.69) is 28.1 Å². The molecule has 2 unspecified atom stereocenters. The number of para-hydroxylation sites is 1. The van der Waals surface area contributed by atoms with Crippen LogP contribution in [0, 0.1) is 0 Å². The number of hydrogen-bond donors (Lipinski definition) is 1. The Balaban J connectivity index is 1.71. The van der Waals surface area contributed by atoms with E-state index in [4.69, 9.17) is 9.72 Å². The number of hydrogen-bond acceptors (Lipinski definition) is 3. The molecule has 2 aliphatic heterocycles. The average molecular weight is 285 g/mol. The van der Waals surface area contributed by atoms with E-state index in [0.29, 0.717) is 6.04 Å². The summed E-state index contributed by atoms with van der Waals surface area (Å²) in [5, 5.41) is 3.64. The molecule has 0 radical (unpaired) electrons. The highest BCUT2D eigenvalue weighted by molar-refractivity contribution is 5.79. The van der Waals surface area contributed by atoms with Crippen molar-refractivity contribution in [1.82, 2.24) is 14.9 Å². The Morgan fingerprint density at radius 2 is 2.10 bits per heavy atom. The molecule has 4 heteroatoms. The van der Waals surface area contributed by atoms with E-state index in [9.17, 15) is 0 Å². The first-order chi connectivity index (χ1) is 10.4. The van der Waals surface area contributed by atoms with E-state index in [1.807, 2.05) is 6.33 Å². The van der Waals surface area contributed by atoms with Gasteiger partial charge in [0.15, 0.2) is 0 Å². The van der Waals surface area contributed by atoms with E-state index in [0.717, 1.165) is 25.1 Å². The molecule has 1 aromatic carbocycles. The van der Waals surface area contributed by atoms with Crippen LogP contribution in [0.2, 0.25) is 0 Å². The second-order valence-corrected chi connectivity index (χ2v) is 6.19. The number of nitrogens with zero attached hydrogens (tertiary/aromatic N) is 2. The summed E-state index contributed by atoms with van der Waals surface area (Å²) in [6.07, 6.45) is 9.46. The lowest BCUT2D eigenvalue weighted by Gasteiger charge is -2.25. The van der Waals surface area contributed by atoms with Crippen molar-refractivity contribution < 1.29 is 4.74 Å². The van der Waals surface area contributed by atoms with Crippen LogP contribution in [0.5, 0.6) is 0 Å². The molecule has 2 aliphatic rings. The van der Waals surface area contributed by atoms with Crippen molar-refractivity contribution in [1.29, 1.82) is 0 Å². The van der Waals surface area contributed by atoms with Crippen LogP contribution in [-0.2, 0) is 4.74 Å². The van der Waals surface area contributed by atoms with E-state index < -0.39 is 0 Å². The molecule has 3 heterocycles. The molecular weight excluding hydrogens is 262 g/mol. The molecule has 2 saturated heterocycles. The van der Waals surface area contributed by atoms with E-state index in [1.165, 1.54) is 43.2 Å². The number of aromatic nitrogens is 2. The van der Waals surface area contributed by atoms with Gasteiger partial charge in [-0.25, -0.2) is 4.98 Å². The van der Waals surface area contributed by atoms with Crippen LogP contribution in [0.4, 0.5) is 0 Å². The molecule has 0 bridgehead atoms. The summed E-state index contributed by atoms with van der Waals surface area (Å²) in [6.45, 7) is 1.99. The van der Waals surface area contributed by atoms with Crippen LogP contribution in [0.15, 0.2) is 24.5 Å². The Morgan fingerprint density at radius 3 is 2.90 bits per heavy atom. The minimum absolute atomic E-state index is 0.165. The molecule has 2 fully saturated rings. The van der Waals surface area contributed by atoms with Crippen molar-refractivity contribution in [3.63, 3.8) is 0 Å². The topological polar surface area (TPSA) is 39.1 Å². The van der Waals surface area contributed by atoms with Crippen LogP contribution in [0.25, 0.3) is 11.0 Å². The van der Waals surface area contributed by atoms with Gasteiger partial charge in [-0.05, 0) is 50.3 Å². The lowest BCUT2D eigenvalue weighted by molar-refractivity contribution is -0.0295. The molecule has 1 N–H and O–H groups in total. The van der Waals surface area contributed by atoms with Crippen molar-refractivity contribution in [3.05, 3.63) is 30.1 Å². The van der Waals surface area contributed by atoms with Gasteiger partial charge in [0, 0.05) is 12.6 Å². The van der Waals surface area contributed by atoms with Crippen LogP contribution in [0.1, 0.15) is 56.4 Å². The molecule has 1 aromatic heterocycles. The van der Waals surface area contributed by atoms with Gasteiger partial charge in [0.25, 0.3) is 0 Å². The van der Waals surface area contributed by atoms with Crippen LogP contribution in [-0.4, -0.2) is 22.7 Å². The first-order valence-electron chi connectivity index (χ1n) is 8.24. The van der Waals surface area contributed by atoms with Gasteiger partial charge in [0.05, 0.1) is 17.4 Å². The molecule has 4 rings (SSSR count). The number of piperidine rings is 1. The number of nitrogens with one attached hydrogen (secondary N) is 1. The summed E-state index contributed by atoms with van der Waals surface area (Å²) in [5.74, 6) is 0. The summed E-state index contributed by atoms with van der Waals surface area (Å²) in [6, 6.07) is 7.02. The van der Waals surface area contributed by atoms with Crippen LogP contribution < -0.4 is 5.32 Å². The predicted octanol–water partition coefficient (Wildman–Crippen LogP) is 3.55. The van der Waals surface area contributed by atoms with Gasteiger partial charge in [-0.3, -0.25) is 0 Å². The highest BCUT2D eigenvalue weighted by Crippen LogP contribution is 2.31. The molecule has 112 valence electrons. The van der Waals surface area contributed by atoms with Crippen molar-refractivity contribution in [2.45, 2.75) is 50.8 Å². The smallest absolute Gasteiger partial charge is 0.135 e. The number of ether oxygens (including phenoxy) is 1. The van der Waals surface area contributed by atoms with Crippen LogP contribution >= 0.6 is 0 Å². The van der Waals surface area contributed by atoms with Crippen molar-refractivity contribution in [3.8, 4) is 0 Å². The zero-order valence-electron chi connectivity index (χ0n) is 12.4. The minimum Gasteiger partial charge on any atom is -0.358 e. The molecule has 21 heavy (non-hydrogen) atoms. The van der Waals surface area contributed by atoms with Crippen LogP contribution in [0.3, 0.4) is 0 Å². The van der Waals surface area contributed by atoms with Gasteiger partial charge >= 0.3 is 0 Å². The molecule has 0 spiro atoms. The number of benzene rings is 1. The normalized spacial score (nSPS) is 27.0. The third kappa shape index (κ3) is 2.47. The molecule has 2 atom stereocenters. The van der Waals surface area contributed by atoms with E-state index in [1.54, 1.807) is 0 Å². The number of rotatable bonds is 2. The summed E-state index contributed by atoms with van der Waals surface area (Å²) < 4.78 is 8.15. The SMILES string of the molecule is c1cc(C2CCCCN2)c2ncn(C3CCCCO3)c2c1. The third-order valence-electron chi connectivity index (χ3n) is 4.79. The highest BCUT2D eigenvalue weighted by Gasteiger charge is 2.22. The largest absolute Gasteiger partial charge is 0.358 e. The Labute approximate surface area is 125 Å². The summed E-state index contributed by atoms with van der Waals surface area (Å²) in [5.41, 5.74) is 3.71. The van der Waals surface area contributed by atoms with Gasteiger partial charge in [0.1, 0.15) is 6.23 Å². The second kappa shape index (κ2) is 5.78. The molecule has 2 aromatic rings. The quantitative estimate of drug-likeness (QED) is 0.917. The van der Waals surface area contributed by atoms with Gasteiger partial charge in [-0.15, -0.1) is 0 Å². The van der Waals surface area contributed by atoms with Gasteiger partial charge < -0.3 is 14.6 Å². The Morgan fingerprint density at radius 1 is 1.14 bits per heavy atom.